The van der Waals surface area contributed by atoms with Crippen molar-refractivity contribution in [2.24, 2.45) is 4.99 Å². The van der Waals surface area contributed by atoms with Crippen LogP contribution in [0.2, 0.25) is 13.1 Å². The summed E-state index contributed by atoms with van der Waals surface area (Å²) in [6, 6.07) is 40.4. The number of rotatable bonds is 26. The maximum atomic E-state index is 12.8. The van der Waals surface area contributed by atoms with Gasteiger partial charge >= 0.3 is 15.4 Å². The van der Waals surface area contributed by atoms with Crippen molar-refractivity contribution in [3.05, 3.63) is 207 Å². The maximum Gasteiger partial charge on any atom is 0.569 e. The number of hydrogen-bond acceptors (Lipinski definition) is 11. The molecule has 2 radical (unpaired) electrons. The van der Waals surface area contributed by atoms with Crippen LogP contribution in [0.3, 0.4) is 0 Å². The Morgan fingerprint density at radius 3 is 1.94 bits per heavy atom. The number of fused-ring (bicyclic) bond motifs is 4. The van der Waals surface area contributed by atoms with E-state index < -0.39 is 8.07 Å². The third-order valence-corrected chi connectivity index (χ3v) is 20.2. The number of hydrogen-bond donors (Lipinski definition) is 4. The minimum absolute atomic E-state index is 0.0783. The summed E-state index contributed by atoms with van der Waals surface area (Å²) < 4.78 is 11.3. The van der Waals surface area contributed by atoms with Gasteiger partial charge in [0.05, 0.1) is 5.71 Å². The largest absolute Gasteiger partial charge is 0.569 e. The lowest BCUT2D eigenvalue weighted by molar-refractivity contribution is -0.117. The summed E-state index contributed by atoms with van der Waals surface area (Å²) in [6.07, 6.45) is 9.33. The minimum atomic E-state index is -2.15. The van der Waals surface area contributed by atoms with Crippen LogP contribution in [-0.4, -0.2) is 94.4 Å². The fraction of sp³-hybridized carbons (Fsp3) is 0.258. The summed E-state index contributed by atoms with van der Waals surface area (Å²) in [7, 11) is 3.14. The van der Waals surface area contributed by atoms with Gasteiger partial charge in [0.15, 0.2) is 5.78 Å². The minimum Gasteiger partial charge on any atom is -0.537 e. The second kappa shape index (κ2) is 26.5. The van der Waals surface area contributed by atoms with Crippen molar-refractivity contribution in [3.8, 4) is 21.9 Å². The second-order valence-electron chi connectivity index (χ2n) is 21.6. The molecule has 0 unspecified atom stereocenters. The lowest BCUT2D eigenvalue weighted by Crippen LogP contribution is -2.49. The van der Waals surface area contributed by atoms with Gasteiger partial charge in [-0.15, -0.1) is 11.3 Å². The number of Topliss-reactive ketones (excluding diaryl/α,β-unsaturated/α-hetero) is 1. The fourth-order valence-electron chi connectivity index (χ4n) is 11.4. The number of nitrogens with zero attached hydrogens (tertiary/aromatic N) is 3. The molecule has 0 fully saturated rings. The molecular weight excluding hydrogens is 1040 g/mol. The van der Waals surface area contributed by atoms with Crippen molar-refractivity contribution in [1.82, 2.24) is 15.1 Å². The van der Waals surface area contributed by atoms with Crippen molar-refractivity contribution in [2.75, 3.05) is 39.0 Å². The van der Waals surface area contributed by atoms with Crippen molar-refractivity contribution in [3.63, 3.8) is 0 Å². The molecule has 15 heteroatoms. The predicted molar refractivity (Wildman–Crippen MR) is 339 cm³/mol. The molecule has 0 saturated heterocycles. The van der Waals surface area contributed by atoms with Crippen LogP contribution in [0.5, 0.6) is 11.5 Å². The van der Waals surface area contributed by atoms with Gasteiger partial charge in [-0.1, -0.05) is 111 Å². The number of para-hydroxylation sites is 2. The number of aliphatic imine (C=N–C) groups is 1. The molecule has 1 aliphatic carbocycles. The predicted octanol–water partition coefficient (Wildman–Crippen LogP) is 11.8. The zero-order chi connectivity index (χ0) is 57.2. The molecular formula is C66H71B2N5O6SSi. The first kappa shape index (κ1) is 58.3. The Balaban J connectivity index is 1.20. The van der Waals surface area contributed by atoms with Crippen LogP contribution < -0.4 is 25.1 Å². The number of thiophene rings is 1. The molecule has 9 rings (SSSR count). The number of unbranched alkanes of at least 4 members (excludes halogenated alkanes) is 1. The lowest BCUT2D eigenvalue weighted by atomic mass is 9.89. The summed E-state index contributed by atoms with van der Waals surface area (Å²) in [6.45, 7) is 20.1. The zero-order valence-electron chi connectivity index (χ0n) is 47.4. The number of ketones is 1. The van der Waals surface area contributed by atoms with Crippen LogP contribution in [0.1, 0.15) is 72.9 Å². The van der Waals surface area contributed by atoms with E-state index in [1.165, 1.54) is 43.8 Å². The van der Waals surface area contributed by atoms with E-state index in [-0.39, 0.29) is 11.7 Å². The number of allylic oxidation sites excluding steroid dienone is 6. The van der Waals surface area contributed by atoms with E-state index in [0.717, 1.165) is 76.3 Å². The van der Waals surface area contributed by atoms with Crippen LogP contribution in [0, 0.1) is 0 Å². The number of benzene rings is 6. The van der Waals surface area contributed by atoms with E-state index in [2.05, 4.69) is 142 Å². The summed E-state index contributed by atoms with van der Waals surface area (Å²) in [4.78, 5) is 36.0. The van der Waals surface area contributed by atoms with Gasteiger partial charge in [-0.2, -0.15) is 0 Å². The van der Waals surface area contributed by atoms with Crippen molar-refractivity contribution < 1.29 is 28.9 Å². The van der Waals surface area contributed by atoms with E-state index in [0.29, 0.717) is 87.7 Å². The normalized spacial score (nSPS) is 14.0. The molecule has 11 nitrogen and oxygen atoms in total. The molecule has 1 aromatic heterocycles. The second-order valence-corrected chi connectivity index (χ2v) is 26.8. The highest BCUT2D eigenvalue weighted by Gasteiger charge is 2.40. The number of carbonyl (C=O) groups excluding carboxylic acids is 2. The van der Waals surface area contributed by atoms with Gasteiger partial charge in [-0.05, 0) is 170 Å². The Labute approximate surface area is 483 Å². The number of anilines is 1. The Morgan fingerprint density at radius 2 is 1.32 bits per heavy atom. The summed E-state index contributed by atoms with van der Waals surface area (Å²) in [5, 5.41) is 35.6. The third-order valence-electron chi connectivity index (χ3n) is 15.7. The SMILES string of the molecule is C=C(C)C(=O)CCCCN(Cc1ccccc1O[B]O)Cc1c2ccccc2c(CN(CCCNC(=O)C(=C)C)Cc2ccccc2O[B]O)c2ccc(-c3cc(C4=C5C=CC(=NC)C=C5[Si](C)(C)c5cc(NC)ccc54)cs3)cc12. The molecule has 0 bridgehead atoms. The zero-order valence-corrected chi connectivity index (χ0v) is 49.2. The highest BCUT2D eigenvalue weighted by atomic mass is 32.1. The van der Waals surface area contributed by atoms with Gasteiger partial charge in [0.2, 0.25) is 5.91 Å². The molecule has 2 aliphatic rings. The smallest absolute Gasteiger partial charge is 0.537 e. The maximum absolute atomic E-state index is 12.8. The first-order valence-corrected chi connectivity index (χ1v) is 31.6. The molecule has 4 N–H and O–H groups in total. The number of nitrogens with one attached hydrogen (secondary N) is 2. The van der Waals surface area contributed by atoms with Crippen molar-refractivity contribution >= 4 is 90.2 Å². The fourth-order valence-corrected chi connectivity index (χ4v) is 15.3. The molecule has 1 amide bonds. The van der Waals surface area contributed by atoms with E-state index in [1.54, 1.807) is 25.2 Å². The molecule has 0 atom stereocenters. The van der Waals surface area contributed by atoms with Crippen LogP contribution in [0.4, 0.5) is 5.69 Å². The van der Waals surface area contributed by atoms with E-state index in [1.807, 2.05) is 62.6 Å². The van der Waals surface area contributed by atoms with Gasteiger partial charge < -0.3 is 30.0 Å². The van der Waals surface area contributed by atoms with Gasteiger partial charge in [-0.3, -0.25) is 24.4 Å². The molecule has 2 heterocycles. The van der Waals surface area contributed by atoms with Crippen LogP contribution in [0.25, 0.3) is 37.6 Å². The quantitative estimate of drug-likeness (QED) is 0.0181. The lowest BCUT2D eigenvalue weighted by Gasteiger charge is -2.38. The highest BCUT2D eigenvalue weighted by Crippen LogP contribution is 2.45. The highest BCUT2D eigenvalue weighted by molar-refractivity contribution is 7.13. The summed E-state index contributed by atoms with van der Waals surface area (Å²) in [5.41, 5.74) is 13.4. The van der Waals surface area contributed by atoms with Crippen molar-refractivity contribution in [1.29, 1.82) is 0 Å². The Morgan fingerprint density at radius 1 is 0.704 bits per heavy atom. The van der Waals surface area contributed by atoms with Gasteiger partial charge in [0.1, 0.15) is 19.6 Å². The van der Waals surface area contributed by atoms with Gasteiger partial charge in [0.25, 0.3) is 0 Å². The Kier molecular flexibility index (Phi) is 19.1. The molecule has 6 aromatic carbocycles. The molecule has 0 saturated carbocycles. The third kappa shape index (κ3) is 13.2. The van der Waals surface area contributed by atoms with Gasteiger partial charge in [0, 0.05) is 87.0 Å². The Hall–Kier alpha value is -7.36. The van der Waals surface area contributed by atoms with Crippen LogP contribution >= 0.6 is 11.3 Å². The first-order valence-electron chi connectivity index (χ1n) is 27.7. The molecule has 0 spiro atoms. The van der Waals surface area contributed by atoms with Crippen LogP contribution in [-0.2, 0) is 35.8 Å². The average molecular weight is 1110 g/mol. The monoisotopic (exact) mass is 1110 g/mol. The average Bonchev–Trinajstić information content (AvgIpc) is 3.23. The summed E-state index contributed by atoms with van der Waals surface area (Å²) in [5.74, 6) is 1.04. The summed E-state index contributed by atoms with van der Waals surface area (Å²) >= 11 is 1.76. The topological polar surface area (TPSA) is 136 Å². The van der Waals surface area contributed by atoms with E-state index in [9.17, 15) is 19.6 Å². The van der Waals surface area contributed by atoms with Crippen LogP contribution in [0.15, 0.2) is 179 Å². The first-order chi connectivity index (χ1) is 39.2. The van der Waals surface area contributed by atoms with E-state index in [4.69, 9.17) is 9.31 Å². The van der Waals surface area contributed by atoms with E-state index >= 15 is 0 Å². The standard InChI is InChI=1S/C66H71B2N5O6SSi/c1-43(2)59(74)22-15-16-32-72(38-46-18-9-13-23-60(46)78-67-76)41-58-52-21-12-11-20-51(52)57(40-73(33-17-31-71-66(75)44(3)4)39-47-19-10-14-24-61(47)79-68-77)53-28-25-45(34-56(53)58)62-35-48(42-80-62)65-54-29-26-49(69-5)36-63(54)81(7,8)64-37-50(70-6)27-30-55(64)65/h9-14,18-21,23-30,34-37,42,69,76-77H,1,3,15-17,22,31-33,38-41H2,2,4-8H3,(H,71,75). The molecule has 412 valence electrons. The van der Waals surface area contributed by atoms with Crippen molar-refractivity contribution in [2.45, 2.75) is 78.8 Å². The van der Waals surface area contributed by atoms with Gasteiger partial charge in [-0.25, -0.2) is 0 Å². The number of carbonyl (C=O) groups is 2. The molecule has 81 heavy (non-hydrogen) atoms. The number of amides is 1. The molecule has 1 aliphatic heterocycles. The Bertz CT molecular complexity index is 3660. The molecule has 7 aromatic rings.